The fraction of sp³-hybridized carbons (Fsp3) is 0.200. The molecule has 0 unspecified atom stereocenters. The fourth-order valence-corrected chi connectivity index (χ4v) is 0.942. The Morgan fingerprint density at radius 1 is 1.64 bits per heavy atom. The fourth-order valence-electron chi connectivity index (χ4n) is 0.942. The van der Waals surface area contributed by atoms with Gasteiger partial charge in [0.2, 0.25) is 0 Å². The second-order valence-corrected chi connectivity index (χ2v) is 2.28. The lowest BCUT2D eigenvalue weighted by molar-refractivity contribution is 0.416. The summed E-state index contributed by atoms with van der Waals surface area (Å²) in [5.41, 5.74) is 7.30. The number of hydrogen-bond donors (Lipinski definition) is 3. The van der Waals surface area contributed by atoms with E-state index in [1.54, 1.807) is 6.92 Å². The van der Waals surface area contributed by atoms with Crippen LogP contribution in [0.15, 0.2) is 0 Å². The van der Waals surface area contributed by atoms with Crippen molar-refractivity contribution in [1.29, 1.82) is 0 Å². The second kappa shape index (κ2) is 1.66. The first-order valence-electron chi connectivity index (χ1n) is 3.08. The molecule has 58 valence electrons. The topological polar surface area (TPSA) is 92.2 Å². The zero-order valence-electron chi connectivity index (χ0n) is 5.87. The Morgan fingerprint density at radius 3 is 3.00 bits per heavy atom. The lowest BCUT2D eigenvalue weighted by Crippen LogP contribution is -1.85. The summed E-state index contributed by atoms with van der Waals surface area (Å²) in [7, 11) is 0. The first-order valence-corrected chi connectivity index (χ1v) is 3.08. The minimum Gasteiger partial charge on any atom is -0.478 e. The van der Waals surface area contributed by atoms with Crippen LogP contribution in [0.5, 0.6) is 6.01 Å². The Hall–Kier alpha value is -1.72. The van der Waals surface area contributed by atoms with E-state index in [2.05, 4.69) is 15.3 Å². The minimum absolute atomic E-state index is 0.181. The molecular weight excluding hydrogens is 146 g/mol. The lowest BCUT2D eigenvalue weighted by Gasteiger charge is -1.81. The SMILES string of the molecule is Cc1nn2c(O)n[nH]c2c1N. The highest BCUT2D eigenvalue weighted by Crippen LogP contribution is 2.17. The summed E-state index contributed by atoms with van der Waals surface area (Å²) in [6, 6.07) is -0.181. The van der Waals surface area contributed by atoms with E-state index in [-0.39, 0.29) is 6.01 Å². The number of aryl methyl sites for hydroxylation is 1. The molecule has 6 heteroatoms. The summed E-state index contributed by atoms with van der Waals surface area (Å²) >= 11 is 0. The summed E-state index contributed by atoms with van der Waals surface area (Å²) in [4.78, 5) is 0. The van der Waals surface area contributed by atoms with Crippen LogP contribution in [0.25, 0.3) is 5.65 Å². The quantitative estimate of drug-likeness (QED) is 0.482. The van der Waals surface area contributed by atoms with Crippen molar-refractivity contribution in [2.24, 2.45) is 0 Å². The Bertz CT molecular complexity index is 400. The average Bonchev–Trinajstić information content (AvgIpc) is 2.43. The van der Waals surface area contributed by atoms with E-state index in [1.165, 1.54) is 4.52 Å². The van der Waals surface area contributed by atoms with Gasteiger partial charge in [0.1, 0.15) is 0 Å². The number of aromatic hydroxyl groups is 1. The number of fused-ring (bicyclic) bond motifs is 1. The van der Waals surface area contributed by atoms with Crippen molar-refractivity contribution in [3.8, 4) is 6.01 Å². The molecular formula is C5H7N5O. The van der Waals surface area contributed by atoms with E-state index in [0.29, 0.717) is 17.0 Å². The number of aromatic amines is 1. The maximum Gasteiger partial charge on any atom is 0.334 e. The zero-order chi connectivity index (χ0) is 8.01. The van der Waals surface area contributed by atoms with Crippen LogP contribution < -0.4 is 5.73 Å². The van der Waals surface area contributed by atoms with Crippen LogP contribution in [0, 0.1) is 6.92 Å². The van der Waals surface area contributed by atoms with Gasteiger partial charge in [-0.05, 0) is 6.92 Å². The molecule has 2 rings (SSSR count). The van der Waals surface area contributed by atoms with Crippen molar-refractivity contribution in [1.82, 2.24) is 19.8 Å². The van der Waals surface area contributed by atoms with Crippen molar-refractivity contribution < 1.29 is 5.11 Å². The van der Waals surface area contributed by atoms with Crippen molar-refractivity contribution in [3.63, 3.8) is 0 Å². The van der Waals surface area contributed by atoms with E-state index >= 15 is 0 Å². The monoisotopic (exact) mass is 153 g/mol. The molecule has 0 spiro atoms. The molecule has 2 aromatic heterocycles. The number of nitrogen functional groups attached to an aromatic ring is 1. The molecule has 0 saturated heterocycles. The van der Waals surface area contributed by atoms with Gasteiger partial charge in [0.05, 0.1) is 11.4 Å². The highest BCUT2D eigenvalue weighted by atomic mass is 16.3. The summed E-state index contributed by atoms with van der Waals surface area (Å²) in [6.45, 7) is 1.76. The third kappa shape index (κ3) is 0.603. The number of nitrogens with one attached hydrogen (secondary N) is 1. The number of hydrogen-bond acceptors (Lipinski definition) is 4. The number of nitrogens with two attached hydrogens (primary N) is 1. The van der Waals surface area contributed by atoms with Crippen LogP contribution in [0.2, 0.25) is 0 Å². The van der Waals surface area contributed by atoms with Crippen molar-refractivity contribution >= 4 is 11.3 Å². The van der Waals surface area contributed by atoms with Crippen LogP contribution in [0.4, 0.5) is 5.69 Å². The predicted octanol–water partition coefficient (Wildman–Crippen LogP) is -0.346. The van der Waals surface area contributed by atoms with E-state index in [4.69, 9.17) is 10.8 Å². The van der Waals surface area contributed by atoms with Crippen molar-refractivity contribution in [3.05, 3.63) is 5.69 Å². The van der Waals surface area contributed by atoms with Gasteiger partial charge in [-0.1, -0.05) is 0 Å². The Labute approximate surface area is 61.6 Å². The smallest absolute Gasteiger partial charge is 0.334 e. The normalized spacial score (nSPS) is 11.0. The molecule has 0 amide bonds. The first kappa shape index (κ1) is 6.02. The number of rotatable bonds is 0. The third-order valence-electron chi connectivity index (χ3n) is 1.56. The molecule has 0 atom stereocenters. The summed E-state index contributed by atoms with van der Waals surface area (Å²) in [5.74, 6) is 0. The molecule has 0 bridgehead atoms. The lowest BCUT2D eigenvalue weighted by atomic mass is 10.4. The molecule has 0 aromatic carbocycles. The molecule has 0 aliphatic heterocycles. The Morgan fingerprint density at radius 2 is 2.36 bits per heavy atom. The van der Waals surface area contributed by atoms with E-state index < -0.39 is 0 Å². The van der Waals surface area contributed by atoms with Gasteiger partial charge in [-0.15, -0.1) is 5.10 Å². The number of anilines is 1. The predicted molar refractivity (Wildman–Crippen MR) is 38.2 cm³/mol. The maximum atomic E-state index is 9.05. The van der Waals surface area contributed by atoms with Crippen LogP contribution >= 0.6 is 0 Å². The minimum atomic E-state index is -0.181. The molecule has 0 fully saturated rings. The Kier molecular flexibility index (Phi) is 0.906. The second-order valence-electron chi connectivity index (χ2n) is 2.28. The van der Waals surface area contributed by atoms with Crippen molar-refractivity contribution in [2.45, 2.75) is 6.92 Å². The van der Waals surface area contributed by atoms with Gasteiger partial charge < -0.3 is 10.8 Å². The van der Waals surface area contributed by atoms with Crippen LogP contribution in [-0.2, 0) is 0 Å². The van der Waals surface area contributed by atoms with Gasteiger partial charge in [0.25, 0.3) is 0 Å². The molecule has 0 saturated carbocycles. The van der Waals surface area contributed by atoms with Gasteiger partial charge >= 0.3 is 6.01 Å². The van der Waals surface area contributed by atoms with Crippen LogP contribution in [0.1, 0.15) is 5.69 Å². The van der Waals surface area contributed by atoms with E-state index in [9.17, 15) is 0 Å². The summed E-state index contributed by atoms with van der Waals surface area (Å²) in [6.07, 6.45) is 0. The van der Waals surface area contributed by atoms with Gasteiger partial charge in [-0.25, -0.2) is 0 Å². The number of nitrogens with zero attached hydrogens (tertiary/aromatic N) is 3. The molecule has 6 nitrogen and oxygen atoms in total. The highest BCUT2D eigenvalue weighted by molar-refractivity contribution is 5.67. The average molecular weight is 153 g/mol. The maximum absolute atomic E-state index is 9.05. The summed E-state index contributed by atoms with van der Waals surface area (Å²) in [5, 5.41) is 19.0. The van der Waals surface area contributed by atoms with Crippen LogP contribution in [0.3, 0.4) is 0 Å². The summed E-state index contributed by atoms with van der Waals surface area (Å²) < 4.78 is 1.25. The van der Waals surface area contributed by atoms with Gasteiger partial charge in [0.15, 0.2) is 5.65 Å². The number of H-pyrrole nitrogens is 1. The molecule has 0 aliphatic rings. The van der Waals surface area contributed by atoms with Gasteiger partial charge in [-0.2, -0.15) is 9.61 Å². The van der Waals surface area contributed by atoms with Crippen molar-refractivity contribution in [2.75, 3.05) is 5.73 Å². The van der Waals surface area contributed by atoms with Gasteiger partial charge in [-0.3, -0.25) is 5.10 Å². The third-order valence-corrected chi connectivity index (χ3v) is 1.56. The van der Waals surface area contributed by atoms with E-state index in [0.717, 1.165) is 0 Å². The first-order chi connectivity index (χ1) is 5.20. The zero-order valence-corrected chi connectivity index (χ0v) is 5.87. The standard InChI is InChI=1S/C5H7N5O/c1-2-3(6)4-7-8-5(11)10(4)9-2/h7H,6H2,1H3,(H,8,11). The molecule has 11 heavy (non-hydrogen) atoms. The van der Waals surface area contributed by atoms with E-state index in [1.807, 2.05) is 0 Å². The van der Waals surface area contributed by atoms with Crippen LogP contribution in [-0.4, -0.2) is 24.9 Å². The molecule has 2 heterocycles. The molecule has 0 aliphatic carbocycles. The Balaban J connectivity index is 2.93. The highest BCUT2D eigenvalue weighted by Gasteiger charge is 2.10. The van der Waals surface area contributed by atoms with Gasteiger partial charge in [0, 0.05) is 0 Å². The number of aromatic nitrogens is 4. The molecule has 0 radical (unpaired) electrons. The molecule has 4 N–H and O–H groups in total. The largest absolute Gasteiger partial charge is 0.478 e. The molecule has 2 aromatic rings.